The van der Waals surface area contributed by atoms with Crippen LogP contribution in [-0.2, 0) is 30.5 Å². The van der Waals surface area contributed by atoms with E-state index in [1.54, 1.807) is 0 Å². The number of aromatic nitrogens is 2. The third-order valence-electron chi connectivity index (χ3n) is 6.15. The van der Waals surface area contributed by atoms with Crippen LogP contribution >= 0.6 is 9.24 Å². The summed E-state index contributed by atoms with van der Waals surface area (Å²) in [4.78, 5) is 22.1. The predicted octanol–water partition coefficient (Wildman–Crippen LogP) is 4.19. The van der Waals surface area contributed by atoms with Gasteiger partial charge in [0.05, 0.1) is 17.3 Å². The fraction of sp³-hybridized carbons (Fsp3) is 0.320. The van der Waals surface area contributed by atoms with Gasteiger partial charge in [0.2, 0.25) is 5.91 Å². The number of benzene rings is 2. The third kappa shape index (κ3) is 6.28. The van der Waals surface area contributed by atoms with Gasteiger partial charge in [-0.1, -0.05) is 45.6 Å². The maximum atomic E-state index is 12.9. The molecule has 1 heterocycles. The second-order valence-electron chi connectivity index (χ2n) is 8.68. The molecule has 1 unspecified atom stereocenters. The van der Waals surface area contributed by atoms with E-state index in [1.165, 1.54) is 18.5 Å². The SMILES string of the molecule is NC(=O)Cc1ccc(CNc2ncnc(N(Cc3ccc(C(F)(F)F)cc3)C3CCC3)c2P)cc1. The Morgan fingerprint density at radius 3 is 2.23 bits per heavy atom. The molecule has 0 bridgehead atoms. The van der Waals surface area contributed by atoms with Gasteiger partial charge in [-0.15, -0.1) is 0 Å². The molecule has 3 N–H and O–H groups in total. The fourth-order valence-corrected chi connectivity index (χ4v) is 4.41. The highest BCUT2D eigenvalue weighted by molar-refractivity contribution is 7.28. The van der Waals surface area contributed by atoms with E-state index in [0.29, 0.717) is 18.9 Å². The minimum Gasteiger partial charge on any atom is -0.369 e. The van der Waals surface area contributed by atoms with Crippen molar-refractivity contribution < 1.29 is 18.0 Å². The van der Waals surface area contributed by atoms with Crippen molar-refractivity contribution in [1.82, 2.24) is 9.97 Å². The molecule has 1 atom stereocenters. The zero-order valence-electron chi connectivity index (χ0n) is 19.1. The number of alkyl halides is 3. The highest BCUT2D eigenvalue weighted by Gasteiger charge is 2.31. The molecule has 3 aromatic rings. The van der Waals surface area contributed by atoms with E-state index in [-0.39, 0.29) is 18.4 Å². The molecule has 0 radical (unpaired) electrons. The first-order valence-corrected chi connectivity index (χ1v) is 11.9. The quantitative estimate of drug-likeness (QED) is 0.430. The van der Waals surface area contributed by atoms with Crippen LogP contribution in [0.1, 0.15) is 41.5 Å². The summed E-state index contributed by atoms with van der Waals surface area (Å²) in [6, 6.07) is 13.2. The van der Waals surface area contributed by atoms with E-state index in [1.807, 2.05) is 24.3 Å². The highest BCUT2D eigenvalue weighted by Crippen LogP contribution is 2.32. The molecular formula is C25H27F3N5OP. The van der Waals surface area contributed by atoms with Crippen LogP contribution in [0.2, 0.25) is 0 Å². The second kappa shape index (κ2) is 10.6. The number of carbonyl (C=O) groups excluding carboxylic acids is 1. The smallest absolute Gasteiger partial charge is 0.369 e. The topological polar surface area (TPSA) is 84.1 Å². The molecule has 0 spiro atoms. The van der Waals surface area contributed by atoms with Gasteiger partial charge in [0.25, 0.3) is 0 Å². The van der Waals surface area contributed by atoms with E-state index >= 15 is 0 Å². The van der Waals surface area contributed by atoms with Crippen molar-refractivity contribution in [1.29, 1.82) is 0 Å². The Morgan fingerprint density at radius 1 is 1.03 bits per heavy atom. The minimum atomic E-state index is -4.35. The summed E-state index contributed by atoms with van der Waals surface area (Å²) in [6.07, 6.45) is 0.482. The monoisotopic (exact) mass is 501 g/mol. The summed E-state index contributed by atoms with van der Waals surface area (Å²) in [7, 11) is 2.70. The van der Waals surface area contributed by atoms with E-state index in [9.17, 15) is 18.0 Å². The highest BCUT2D eigenvalue weighted by atomic mass is 31.0. The first-order valence-electron chi connectivity index (χ1n) is 11.3. The number of amides is 1. The van der Waals surface area contributed by atoms with Crippen LogP contribution in [0.3, 0.4) is 0 Å². The lowest BCUT2D eigenvalue weighted by molar-refractivity contribution is -0.137. The number of halogens is 3. The molecule has 1 amide bonds. The molecule has 184 valence electrons. The largest absolute Gasteiger partial charge is 0.416 e. The van der Waals surface area contributed by atoms with Gasteiger partial charge in [-0.05, 0) is 48.1 Å². The molecule has 1 saturated carbocycles. The van der Waals surface area contributed by atoms with Gasteiger partial charge in [0, 0.05) is 19.1 Å². The van der Waals surface area contributed by atoms with Crippen LogP contribution in [0.15, 0.2) is 54.9 Å². The zero-order chi connectivity index (χ0) is 25.0. The van der Waals surface area contributed by atoms with Crippen molar-refractivity contribution >= 4 is 32.1 Å². The number of nitrogens with zero attached hydrogens (tertiary/aromatic N) is 3. The van der Waals surface area contributed by atoms with Crippen molar-refractivity contribution in [3.8, 4) is 0 Å². The number of primary amides is 1. The Morgan fingerprint density at radius 2 is 1.66 bits per heavy atom. The molecule has 4 rings (SSSR count). The lowest BCUT2D eigenvalue weighted by atomic mass is 9.91. The normalized spacial score (nSPS) is 13.8. The number of anilines is 2. The van der Waals surface area contributed by atoms with Crippen molar-refractivity contribution in [2.45, 2.75) is 51.0 Å². The van der Waals surface area contributed by atoms with Gasteiger partial charge in [0.15, 0.2) is 0 Å². The molecular weight excluding hydrogens is 474 g/mol. The molecule has 35 heavy (non-hydrogen) atoms. The Kier molecular flexibility index (Phi) is 7.55. The summed E-state index contributed by atoms with van der Waals surface area (Å²) in [5, 5.41) is 4.13. The third-order valence-corrected chi connectivity index (χ3v) is 6.68. The Labute approximate surface area is 204 Å². The van der Waals surface area contributed by atoms with Crippen LogP contribution in [0.25, 0.3) is 0 Å². The van der Waals surface area contributed by atoms with Gasteiger partial charge < -0.3 is 16.0 Å². The fourth-order valence-electron chi connectivity index (χ4n) is 3.99. The Bertz CT molecular complexity index is 1170. The molecule has 1 aliphatic rings. The summed E-state index contributed by atoms with van der Waals surface area (Å²) >= 11 is 0. The molecule has 0 saturated heterocycles. The van der Waals surface area contributed by atoms with Crippen LogP contribution in [0.4, 0.5) is 24.8 Å². The molecule has 1 aliphatic carbocycles. The molecule has 1 fully saturated rings. The van der Waals surface area contributed by atoms with E-state index in [4.69, 9.17) is 5.73 Å². The van der Waals surface area contributed by atoms with Gasteiger partial charge in [-0.25, -0.2) is 9.97 Å². The molecule has 0 aliphatic heterocycles. The lowest BCUT2D eigenvalue weighted by Gasteiger charge is -2.39. The maximum Gasteiger partial charge on any atom is 0.416 e. The minimum absolute atomic E-state index is 0.203. The number of nitrogens with two attached hydrogens (primary N) is 1. The van der Waals surface area contributed by atoms with E-state index < -0.39 is 11.7 Å². The van der Waals surface area contributed by atoms with Gasteiger partial charge in [0.1, 0.15) is 18.0 Å². The molecule has 1 aromatic heterocycles. The van der Waals surface area contributed by atoms with Gasteiger partial charge in [-0.3, -0.25) is 4.79 Å². The van der Waals surface area contributed by atoms with Crippen LogP contribution < -0.4 is 21.3 Å². The van der Waals surface area contributed by atoms with Crippen molar-refractivity contribution in [3.63, 3.8) is 0 Å². The van der Waals surface area contributed by atoms with Crippen molar-refractivity contribution in [3.05, 3.63) is 77.1 Å². The summed E-state index contributed by atoms with van der Waals surface area (Å²) in [5.74, 6) is 1.04. The van der Waals surface area contributed by atoms with Gasteiger partial charge >= 0.3 is 6.18 Å². The Balaban J connectivity index is 1.49. The summed E-state index contributed by atoms with van der Waals surface area (Å²) in [6.45, 7) is 0.985. The number of hydrogen-bond donors (Lipinski definition) is 2. The lowest BCUT2D eigenvalue weighted by Crippen LogP contribution is -2.42. The molecule has 6 nitrogen and oxygen atoms in total. The molecule has 10 heteroatoms. The Hall–Kier alpha value is -3.19. The van der Waals surface area contributed by atoms with Crippen LogP contribution in [-0.4, -0.2) is 21.9 Å². The first kappa shape index (κ1) is 24.9. The van der Waals surface area contributed by atoms with Crippen molar-refractivity contribution in [2.24, 2.45) is 5.73 Å². The van der Waals surface area contributed by atoms with Crippen molar-refractivity contribution in [2.75, 3.05) is 10.2 Å². The first-order chi connectivity index (χ1) is 16.7. The number of nitrogens with one attached hydrogen (secondary N) is 1. The second-order valence-corrected chi connectivity index (χ2v) is 9.26. The average molecular weight is 501 g/mol. The van der Waals surface area contributed by atoms with E-state index in [2.05, 4.69) is 29.4 Å². The maximum absolute atomic E-state index is 12.9. The predicted molar refractivity (Wildman–Crippen MR) is 133 cm³/mol. The number of carbonyl (C=O) groups is 1. The van der Waals surface area contributed by atoms with Gasteiger partial charge in [-0.2, -0.15) is 13.2 Å². The average Bonchev–Trinajstić information content (AvgIpc) is 2.77. The number of rotatable bonds is 9. The van der Waals surface area contributed by atoms with E-state index in [0.717, 1.165) is 59.2 Å². The standard InChI is InChI=1S/C25H27F3N5OP/c26-25(27,28)19-10-8-18(9-11-19)14-33(20-2-1-3-20)24-22(35)23(31-15-32-24)30-13-17-6-4-16(5-7-17)12-21(29)34/h4-11,15,20H,1-3,12-14,35H2,(H2,29,34)(H,30,31,32). The van der Waals surface area contributed by atoms with Crippen LogP contribution in [0.5, 0.6) is 0 Å². The summed E-state index contributed by atoms with van der Waals surface area (Å²) in [5.41, 5.74) is 7.26. The zero-order valence-corrected chi connectivity index (χ0v) is 20.2. The summed E-state index contributed by atoms with van der Waals surface area (Å²) < 4.78 is 38.8. The molecule has 2 aromatic carbocycles. The van der Waals surface area contributed by atoms with Crippen LogP contribution in [0, 0.1) is 0 Å². The number of hydrogen-bond acceptors (Lipinski definition) is 5.